The van der Waals surface area contributed by atoms with E-state index in [1.54, 1.807) is 34.6 Å². The molecular formula is C44H49ClN8O6S. The summed E-state index contributed by atoms with van der Waals surface area (Å²) in [6.07, 6.45) is 5.15. The lowest BCUT2D eigenvalue weighted by Crippen LogP contribution is -2.54. The van der Waals surface area contributed by atoms with Gasteiger partial charge >= 0.3 is 0 Å². The van der Waals surface area contributed by atoms with E-state index >= 15 is 0 Å². The molecule has 9 rings (SSSR count). The Kier molecular flexibility index (Phi) is 10.6. The van der Waals surface area contributed by atoms with Crippen molar-refractivity contribution in [3.05, 3.63) is 88.2 Å². The van der Waals surface area contributed by atoms with E-state index in [1.807, 2.05) is 30.3 Å². The van der Waals surface area contributed by atoms with E-state index in [2.05, 4.69) is 36.7 Å². The van der Waals surface area contributed by atoms with Gasteiger partial charge < -0.3 is 14.7 Å². The Morgan fingerprint density at radius 1 is 0.767 bits per heavy atom. The van der Waals surface area contributed by atoms with Gasteiger partial charge in [0.25, 0.3) is 11.8 Å². The Morgan fingerprint density at radius 2 is 1.42 bits per heavy atom. The fourth-order valence-electron chi connectivity index (χ4n) is 10.5. The molecular weight excluding hydrogens is 804 g/mol. The van der Waals surface area contributed by atoms with Crippen molar-refractivity contribution in [1.82, 2.24) is 19.4 Å². The zero-order chi connectivity index (χ0) is 41.9. The largest absolute Gasteiger partial charge is 0.371 e. The first-order valence-corrected chi connectivity index (χ1v) is 22.8. The van der Waals surface area contributed by atoms with E-state index in [4.69, 9.17) is 18.2 Å². The number of piperazine rings is 1. The molecule has 3 aromatic rings. The Hall–Kier alpha value is -5.01. The maximum absolute atomic E-state index is 13.8. The molecule has 6 heterocycles. The number of carbonyl (C=O) groups is 4. The summed E-state index contributed by atoms with van der Waals surface area (Å²) in [5.74, 6) is -2.06. The molecule has 4 amide bonds. The summed E-state index contributed by atoms with van der Waals surface area (Å²) in [7, 11) is -3.65. The molecule has 16 heteroatoms. The van der Waals surface area contributed by atoms with Crippen LogP contribution in [0.1, 0.15) is 72.6 Å². The summed E-state index contributed by atoms with van der Waals surface area (Å²) in [4.78, 5) is 64.8. The van der Waals surface area contributed by atoms with Gasteiger partial charge in [0.05, 0.1) is 22.6 Å². The van der Waals surface area contributed by atoms with E-state index in [0.29, 0.717) is 53.9 Å². The van der Waals surface area contributed by atoms with Crippen molar-refractivity contribution in [2.24, 2.45) is 5.41 Å². The molecule has 0 aliphatic carbocycles. The van der Waals surface area contributed by atoms with Crippen LogP contribution in [0.5, 0.6) is 0 Å². The van der Waals surface area contributed by atoms with Gasteiger partial charge in [-0.2, -0.15) is 4.31 Å². The maximum atomic E-state index is 13.8. The van der Waals surface area contributed by atoms with Crippen molar-refractivity contribution in [1.29, 1.82) is 0 Å². The number of halogens is 1. The van der Waals surface area contributed by atoms with Gasteiger partial charge in [0, 0.05) is 99.5 Å². The number of rotatable bonds is 7. The van der Waals surface area contributed by atoms with Crippen molar-refractivity contribution < 1.29 is 27.6 Å². The standard InChI is InChI=1S/C44H49ClN8O6S/c1-29-27-44(28-52(29)33-6-10-38(46-2)37(45)26-33)15-19-49(20-16-44)30-3-7-34(8-4-30)60(58,59)51-23-21-50(22-24-51)31-13-17-48(18-14-31)32-5-9-35-36(25-32)43(57)53(42(35)56)39-11-12-40(54)47-41(39)55/h3-10,25-26,29,31,39H,11-24,27-28H2,1H3,(H,47,54,55)/t29-,39?/m0/s1. The van der Waals surface area contributed by atoms with Crippen LogP contribution in [0.25, 0.3) is 4.85 Å². The van der Waals surface area contributed by atoms with Gasteiger partial charge in [0.15, 0.2) is 0 Å². The summed E-state index contributed by atoms with van der Waals surface area (Å²) >= 11 is 6.38. The van der Waals surface area contributed by atoms with Crippen LogP contribution < -0.4 is 20.0 Å². The van der Waals surface area contributed by atoms with Crippen LogP contribution in [0.4, 0.5) is 22.7 Å². The smallest absolute Gasteiger partial charge is 0.262 e. The molecule has 5 fully saturated rings. The number of hydrogen-bond donors (Lipinski definition) is 1. The molecule has 0 bridgehead atoms. The first kappa shape index (κ1) is 40.4. The molecule has 6 aliphatic rings. The Labute approximate surface area is 355 Å². The number of nitrogens with one attached hydrogen (secondary N) is 1. The molecule has 3 aromatic carbocycles. The predicted octanol–water partition coefficient (Wildman–Crippen LogP) is 5.15. The average molecular weight is 853 g/mol. The second-order valence-corrected chi connectivity index (χ2v) is 19.6. The van der Waals surface area contributed by atoms with Crippen molar-refractivity contribution in [2.75, 3.05) is 73.6 Å². The van der Waals surface area contributed by atoms with Gasteiger partial charge in [-0.3, -0.25) is 34.3 Å². The highest BCUT2D eigenvalue weighted by Gasteiger charge is 2.46. The summed E-state index contributed by atoms with van der Waals surface area (Å²) in [6, 6.07) is 18.0. The van der Waals surface area contributed by atoms with Gasteiger partial charge in [0.2, 0.25) is 27.5 Å². The normalized spacial score (nSPS) is 24.3. The number of benzene rings is 3. The zero-order valence-corrected chi connectivity index (χ0v) is 35.3. The highest BCUT2D eigenvalue weighted by molar-refractivity contribution is 7.89. The Bertz CT molecular complexity index is 2380. The van der Waals surface area contributed by atoms with Crippen molar-refractivity contribution in [2.45, 2.75) is 74.9 Å². The number of anilines is 3. The zero-order valence-electron chi connectivity index (χ0n) is 33.7. The highest BCUT2D eigenvalue weighted by atomic mass is 35.5. The fraction of sp³-hybridized carbons (Fsp3) is 0.477. The molecule has 6 aliphatic heterocycles. The molecule has 314 valence electrons. The van der Waals surface area contributed by atoms with Gasteiger partial charge in [-0.15, -0.1) is 0 Å². The number of sulfonamides is 1. The molecule has 14 nitrogen and oxygen atoms in total. The first-order valence-electron chi connectivity index (χ1n) is 21.0. The average Bonchev–Trinajstić information content (AvgIpc) is 3.71. The topological polar surface area (TPSA) is 138 Å². The summed E-state index contributed by atoms with van der Waals surface area (Å²) < 4.78 is 29.2. The van der Waals surface area contributed by atoms with Crippen LogP contribution in [-0.2, 0) is 19.6 Å². The minimum Gasteiger partial charge on any atom is -0.371 e. The quantitative estimate of drug-likeness (QED) is 0.251. The van der Waals surface area contributed by atoms with Gasteiger partial charge in [-0.05, 0) is 105 Å². The van der Waals surface area contributed by atoms with Gasteiger partial charge in [-0.25, -0.2) is 13.3 Å². The third-order valence-electron chi connectivity index (χ3n) is 13.9. The molecule has 0 saturated carbocycles. The number of amides is 4. The number of imide groups is 2. The first-order chi connectivity index (χ1) is 28.8. The minimum absolute atomic E-state index is 0.0745. The van der Waals surface area contributed by atoms with Crippen LogP contribution >= 0.6 is 11.6 Å². The lowest BCUT2D eigenvalue weighted by Gasteiger charge is -2.43. The molecule has 1 unspecified atom stereocenters. The fourth-order valence-corrected chi connectivity index (χ4v) is 12.1. The highest BCUT2D eigenvalue weighted by Crippen LogP contribution is 2.46. The van der Waals surface area contributed by atoms with E-state index in [-0.39, 0.29) is 29.4 Å². The van der Waals surface area contributed by atoms with Crippen molar-refractivity contribution in [3.63, 3.8) is 0 Å². The van der Waals surface area contributed by atoms with E-state index < -0.39 is 39.7 Å². The minimum atomic E-state index is -3.65. The van der Waals surface area contributed by atoms with Crippen molar-refractivity contribution >= 4 is 68.0 Å². The van der Waals surface area contributed by atoms with Gasteiger partial charge in [0.1, 0.15) is 6.04 Å². The second kappa shape index (κ2) is 15.8. The number of carbonyl (C=O) groups excluding carboxylic acids is 4. The number of fused-ring (bicyclic) bond motifs is 1. The molecule has 0 radical (unpaired) electrons. The molecule has 2 atom stereocenters. The lowest BCUT2D eigenvalue weighted by molar-refractivity contribution is -0.136. The maximum Gasteiger partial charge on any atom is 0.262 e. The van der Waals surface area contributed by atoms with Crippen LogP contribution in [0.3, 0.4) is 0 Å². The molecule has 0 aromatic heterocycles. The van der Waals surface area contributed by atoms with Gasteiger partial charge in [-0.1, -0.05) is 17.7 Å². The van der Waals surface area contributed by atoms with E-state index in [9.17, 15) is 27.6 Å². The summed E-state index contributed by atoms with van der Waals surface area (Å²) in [5.41, 5.74) is 4.17. The Morgan fingerprint density at radius 3 is 2.08 bits per heavy atom. The summed E-state index contributed by atoms with van der Waals surface area (Å²) in [5, 5.41) is 2.73. The monoisotopic (exact) mass is 852 g/mol. The van der Waals surface area contributed by atoms with Crippen LogP contribution in [-0.4, -0.2) is 123 Å². The van der Waals surface area contributed by atoms with E-state index in [1.165, 1.54) is 0 Å². The number of hydrogen-bond acceptors (Lipinski definition) is 10. The Balaban J connectivity index is 0.751. The number of piperidine rings is 3. The van der Waals surface area contributed by atoms with Crippen LogP contribution in [0, 0.1) is 12.0 Å². The third-order valence-corrected chi connectivity index (χ3v) is 16.1. The second-order valence-electron chi connectivity index (χ2n) is 17.2. The number of nitrogens with zero attached hydrogens (tertiary/aromatic N) is 7. The van der Waals surface area contributed by atoms with Crippen LogP contribution in [0.15, 0.2) is 65.6 Å². The molecule has 1 spiro atoms. The molecule has 60 heavy (non-hydrogen) atoms. The van der Waals surface area contributed by atoms with E-state index in [0.717, 1.165) is 86.8 Å². The SMILES string of the molecule is [C-]#[N+]c1ccc(N2CC3(CCN(c4ccc(S(=O)(=O)N5CCN(C6CCN(c7ccc8c(c7)C(=O)N(C7CCC(=O)NC7=O)C8=O)CC6)CC5)cc4)CC3)C[C@@H]2C)cc1Cl. The third kappa shape index (κ3) is 7.31. The van der Waals surface area contributed by atoms with Crippen LogP contribution in [0.2, 0.25) is 5.02 Å². The molecule has 1 N–H and O–H groups in total. The molecule has 5 saturated heterocycles. The van der Waals surface area contributed by atoms with Crippen molar-refractivity contribution in [3.8, 4) is 0 Å². The lowest BCUT2D eigenvalue weighted by atomic mass is 9.76. The predicted molar refractivity (Wildman–Crippen MR) is 228 cm³/mol. The summed E-state index contributed by atoms with van der Waals surface area (Å²) in [6.45, 7) is 16.0.